The van der Waals surface area contributed by atoms with Gasteiger partial charge in [0.15, 0.2) is 0 Å². The summed E-state index contributed by atoms with van der Waals surface area (Å²) < 4.78 is 0. The number of carbonyl (C=O) groups excluding carboxylic acids is 1. The largest absolute Gasteiger partial charge is 0.311 e. The van der Waals surface area contributed by atoms with Gasteiger partial charge >= 0.3 is 0 Å². The summed E-state index contributed by atoms with van der Waals surface area (Å²) in [6, 6.07) is 16.4. The lowest BCUT2D eigenvalue weighted by Crippen LogP contribution is -2.36. The second-order valence-electron chi connectivity index (χ2n) is 8.51. The van der Waals surface area contributed by atoms with Crippen LogP contribution in [0.25, 0.3) is 0 Å². The first-order chi connectivity index (χ1) is 13.7. The second-order valence-corrected chi connectivity index (χ2v) is 8.95. The van der Waals surface area contributed by atoms with Crippen LogP contribution >= 0.6 is 11.6 Å². The van der Waals surface area contributed by atoms with E-state index >= 15 is 0 Å². The fourth-order valence-corrected chi connectivity index (χ4v) is 5.43. The molecule has 0 unspecified atom stereocenters. The molecule has 0 aromatic heterocycles. The Kier molecular flexibility index (Phi) is 4.68. The van der Waals surface area contributed by atoms with Gasteiger partial charge in [-0.2, -0.15) is 0 Å². The number of carbonyl (C=O) groups is 1. The molecular weight excluding hydrogens is 368 g/mol. The zero-order valence-electron chi connectivity index (χ0n) is 16.2. The van der Waals surface area contributed by atoms with Gasteiger partial charge in [0.05, 0.1) is 5.41 Å². The minimum Gasteiger partial charge on any atom is -0.311 e. The van der Waals surface area contributed by atoms with Crippen LogP contribution in [0.4, 0.5) is 5.69 Å². The molecule has 2 atom stereocenters. The van der Waals surface area contributed by atoms with Crippen molar-refractivity contribution < 1.29 is 4.79 Å². The van der Waals surface area contributed by atoms with E-state index in [4.69, 9.17) is 11.6 Å². The second kappa shape index (κ2) is 7.20. The number of hydrogen-bond acceptors (Lipinski definition) is 2. The molecule has 1 saturated carbocycles. The van der Waals surface area contributed by atoms with Gasteiger partial charge in [0.2, 0.25) is 5.91 Å². The summed E-state index contributed by atoms with van der Waals surface area (Å²) in [6.45, 7) is 4.35. The fourth-order valence-electron chi connectivity index (χ4n) is 5.30. The van der Waals surface area contributed by atoms with Crippen molar-refractivity contribution in [2.45, 2.75) is 43.4 Å². The van der Waals surface area contributed by atoms with Crippen molar-refractivity contribution in [1.29, 1.82) is 0 Å². The molecule has 2 aliphatic heterocycles. The van der Waals surface area contributed by atoms with Gasteiger partial charge in [-0.05, 0) is 74.6 Å². The molecule has 1 amide bonds. The van der Waals surface area contributed by atoms with Crippen molar-refractivity contribution in [3.63, 3.8) is 0 Å². The standard InChI is InChI=1S/C24H27ClN2O/c25-19-11-9-18(10-12-19)21-17-24(21)20-7-2-3-8-22(20)27(23(24)28)16-6-15-26-13-4-1-5-14-26/h2-3,7-12,21H,1,4-6,13-17H2/t21-,24-/m0/s1. The van der Waals surface area contributed by atoms with E-state index in [1.54, 1.807) is 0 Å². The van der Waals surface area contributed by atoms with Gasteiger partial charge < -0.3 is 9.80 Å². The maximum absolute atomic E-state index is 13.6. The molecule has 1 saturated heterocycles. The molecule has 146 valence electrons. The maximum Gasteiger partial charge on any atom is 0.238 e. The van der Waals surface area contributed by atoms with Crippen molar-refractivity contribution in [2.24, 2.45) is 0 Å². The number of nitrogens with zero attached hydrogens (tertiary/aromatic N) is 2. The van der Waals surface area contributed by atoms with Crippen LogP contribution < -0.4 is 4.90 Å². The highest BCUT2D eigenvalue weighted by Crippen LogP contribution is 2.66. The van der Waals surface area contributed by atoms with Gasteiger partial charge in [0, 0.05) is 23.2 Å². The number of piperidine rings is 1. The van der Waals surface area contributed by atoms with E-state index < -0.39 is 0 Å². The highest BCUT2D eigenvalue weighted by Gasteiger charge is 2.66. The Bertz CT molecular complexity index is 874. The summed E-state index contributed by atoms with van der Waals surface area (Å²) in [7, 11) is 0. The lowest BCUT2D eigenvalue weighted by atomic mass is 9.92. The summed E-state index contributed by atoms with van der Waals surface area (Å²) >= 11 is 6.06. The third-order valence-corrected chi connectivity index (χ3v) is 7.09. The molecule has 3 aliphatic rings. The predicted molar refractivity (Wildman–Crippen MR) is 114 cm³/mol. The molecule has 4 heteroatoms. The fraction of sp³-hybridized carbons (Fsp3) is 0.458. The molecule has 2 fully saturated rings. The van der Waals surface area contributed by atoms with Crippen LogP contribution in [-0.2, 0) is 10.2 Å². The van der Waals surface area contributed by atoms with Crippen LogP contribution in [0.15, 0.2) is 48.5 Å². The van der Waals surface area contributed by atoms with Crippen LogP contribution in [0, 0.1) is 0 Å². The number of amides is 1. The van der Waals surface area contributed by atoms with Crippen LogP contribution in [-0.4, -0.2) is 37.0 Å². The molecule has 1 aliphatic carbocycles. The number of halogens is 1. The molecule has 0 radical (unpaired) electrons. The quantitative estimate of drug-likeness (QED) is 0.713. The third kappa shape index (κ3) is 2.96. The van der Waals surface area contributed by atoms with E-state index in [9.17, 15) is 4.79 Å². The number of anilines is 1. The van der Waals surface area contributed by atoms with Crippen LogP contribution in [0.1, 0.15) is 49.1 Å². The Balaban J connectivity index is 1.35. The average Bonchev–Trinajstić information content (AvgIpc) is 3.44. The van der Waals surface area contributed by atoms with E-state index in [1.807, 2.05) is 12.1 Å². The van der Waals surface area contributed by atoms with E-state index in [-0.39, 0.29) is 11.3 Å². The molecule has 28 heavy (non-hydrogen) atoms. The molecule has 0 N–H and O–H groups in total. The van der Waals surface area contributed by atoms with E-state index in [0.29, 0.717) is 5.91 Å². The highest BCUT2D eigenvalue weighted by atomic mass is 35.5. The van der Waals surface area contributed by atoms with Crippen molar-refractivity contribution in [3.05, 3.63) is 64.7 Å². The molecular formula is C24H27ClN2O. The number of hydrogen-bond donors (Lipinski definition) is 0. The molecule has 0 bridgehead atoms. The summed E-state index contributed by atoms with van der Waals surface area (Å²) in [5.41, 5.74) is 3.22. The molecule has 1 spiro atoms. The SMILES string of the molecule is O=C1N(CCCN2CCCCC2)c2ccccc2[C@]12C[C@H]2c1ccc(Cl)cc1. The lowest BCUT2D eigenvalue weighted by molar-refractivity contribution is -0.120. The van der Waals surface area contributed by atoms with Crippen LogP contribution in [0.3, 0.4) is 0 Å². The Morgan fingerprint density at radius 1 is 0.964 bits per heavy atom. The Morgan fingerprint density at radius 2 is 1.71 bits per heavy atom. The third-order valence-electron chi connectivity index (χ3n) is 6.84. The van der Waals surface area contributed by atoms with Gasteiger partial charge in [-0.15, -0.1) is 0 Å². The van der Waals surface area contributed by atoms with Crippen molar-refractivity contribution in [1.82, 2.24) is 4.90 Å². The van der Waals surface area contributed by atoms with Crippen molar-refractivity contribution in [2.75, 3.05) is 31.1 Å². The summed E-state index contributed by atoms with van der Waals surface area (Å²) in [5.74, 6) is 0.567. The monoisotopic (exact) mass is 394 g/mol. The van der Waals surface area contributed by atoms with Crippen molar-refractivity contribution in [3.8, 4) is 0 Å². The molecule has 2 aromatic carbocycles. The van der Waals surface area contributed by atoms with Crippen LogP contribution in [0.5, 0.6) is 0 Å². The van der Waals surface area contributed by atoms with E-state index in [1.165, 1.54) is 43.5 Å². The Hall–Kier alpha value is -1.84. The minimum atomic E-state index is -0.352. The average molecular weight is 395 g/mol. The number of fused-ring (bicyclic) bond motifs is 2. The number of likely N-dealkylation sites (tertiary alicyclic amines) is 1. The Labute approximate surface area is 172 Å². The smallest absolute Gasteiger partial charge is 0.238 e. The van der Waals surface area contributed by atoms with Gasteiger partial charge in [0.1, 0.15) is 0 Å². The number of para-hydroxylation sites is 1. The molecule has 3 nitrogen and oxygen atoms in total. The maximum atomic E-state index is 13.6. The van der Waals surface area contributed by atoms with E-state index in [2.05, 4.69) is 46.2 Å². The van der Waals surface area contributed by atoms with Gasteiger partial charge in [-0.25, -0.2) is 0 Å². The summed E-state index contributed by atoms with van der Waals surface area (Å²) in [6.07, 6.45) is 5.95. The van der Waals surface area contributed by atoms with Gasteiger partial charge in [-0.3, -0.25) is 4.79 Å². The van der Waals surface area contributed by atoms with Crippen molar-refractivity contribution >= 4 is 23.2 Å². The first kappa shape index (κ1) is 18.2. The molecule has 2 aromatic rings. The van der Waals surface area contributed by atoms with E-state index in [0.717, 1.165) is 36.6 Å². The number of rotatable bonds is 5. The predicted octanol–water partition coefficient (Wildman–Crippen LogP) is 4.99. The zero-order valence-corrected chi connectivity index (χ0v) is 17.0. The first-order valence-electron chi connectivity index (χ1n) is 10.6. The summed E-state index contributed by atoms with van der Waals surface area (Å²) in [4.78, 5) is 18.2. The topological polar surface area (TPSA) is 23.6 Å². The number of benzene rings is 2. The first-order valence-corrected chi connectivity index (χ1v) is 11.0. The normalized spacial score (nSPS) is 26.7. The van der Waals surface area contributed by atoms with Gasteiger partial charge in [-0.1, -0.05) is 48.4 Å². The summed E-state index contributed by atoms with van der Waals surface area (Å²) in [5, 5.41) is 0.746. The highest BCUT2D eigenvalue weighted by molar-refractivity contribution is 6.30. The van der Waals surface area contributed by atoms with Gasteiger partial charge in [0.25, 0.3) is 0 Å². The van der Waals surface area contributed by atoms with Crippen LogP contribution in [0.2, 0.25) is 5.02 Å². The molecule has 2 heterocycles. The zero-order chi connectivity index (χ0) is 19.1. The lowest BCUT2D eigenvalue weighted by Gasteiger charge is -2.27. The minimum absolute atomic E-state index is 0.269. The molecule has 5 rings (SSSR count). The Morgan fingerprint density at radius 3 is 2.50 bits per heavy atom.